The van der Waals surface area contributed by atoms with Crippen molar-refractivity contribution >= 4 is 21.7 Å². The minimum Gasteiger partial charge on any atom is -0.490 e. The number of likely N-dealkylation sites (tertiary alicyclic amines) is 1. The molecule has 8 nitrogen and oxygen atoms in total. The third-order valence-electron chi connectivity index (χ3n) is 7.25. The molecule has 3 aliphatic rings. The van der Waals surface area contributed by atoms with Crippen molar-refractivity contribution in [2.75, 3.05) is 44.7 Å². The molecule has 0 saturated carbocycles. The molecule has 0 unspecified atom stereocenters. The monoisotopic (exact) mass is 518 g/mol. The smallest absolute Gasteiger partial charge is 0.343 e. The fraction of sp³-hybridized carbons (Fsp3) is 0.500. The van der Waals surface area contributed by atoms with Gasteiger partial charge in [0.2, 0.25) is 0 Å². The van der Waals surface area contributed by atoms with Crippen LogP contribution in [-0.4, -0.2) is 65.3 Å². The first kappa shape index (κ1) is 25.0. The Kier molecular flexibility index (Phi) is 7.18. The van der Waals surface area contributed by atoms with E-state index in [1.165, 1.54) is 32.1 Å². The van der Waals surface area contributed by atoms with Gasteiger partial charge in [-0.3, -0.25) is 4.72 Å². The molecule has 2 saturated heterocycles. The van der Waals surface area contributed by atoms with Gasteiger partial charge in [0, 0.05) is 18.1 Å². The molecule has 0 aromatic heterocycles. The summed E-state index contributed by atoms with van der Waals surface area (Å²) < 4.78 is 60.2. The van der Waals surface area contributed by atoms with E-state index in [1.54, 1.807) is 12.1 Å². The number of ether oxygens (including phenoxy) is 3. The number of aryl methyl sites for hydroxylation is 1. The fourth-order valence-electron chi connectivity index (χ4n) is 5.47. The molecule has 36 heavy (non-hydrogen) atoms. The van der Waals surface area contributed by atoms with Gasteiger partial charge in [0.05, 0.1) is 23.8 Å². The molecule has 2 aromatic carbocycles. The summed E-state index contributed by atoms with van der Waals surface area (Å²) in [6.45, 7) is 3.80. The van der Waals surface area contributed by atoms with Crippen LogP contribution in [0.2, 0.25) is 0 Å². The minimum atomic E-state index is -4.14. The summed E-state index contributed by atoms with van der Waals surface area (Å²) in [7, 11) is -2.90. The summed E-state index contributed by atoms with van der Waals surface area (Å²) in [6.07, 6.45) is 4.19. The van der Waals surface area contributed by atoms with Crippen molar-refractivity contribution in [2.24, 2.45) is 0 Å². The zero-order valence-corrected chi connectivity index (χ0v) is 21.1. The maximum Gasteiger partial charge on any atom is 0.343 e. The summed E-state index contributed by atoms with van der Waals surface area (Å²) >= 11 is 0. The van der Waals surface area contributed by atoms with Crippen LogP contribution < -0.4 is 9.46 Å². The van der Waals surface area contributed by atoms with Crippen molar-refractivity contribution in [2.45, 2.75) is 49.0 Å². The number of hydrogen-bond donors (Lipinski definition) is 1. The van der Waals surface area contributed by atoms with Gasteiger partial charge >= 0.3 is 5.97 Å². The SMILES string of the molecule is COC(=O)c1c(NS(=O)(=O)c2ccc(F)cc2CCCN2CCCC2)ccc2c1OC[C@@H]1OCC[C@H]21. The summed E-state index contributed by atoms with van der Waals surface area (Å²) in [5, 5.41) is 0. The Morgan fingerprint density at radius 2 is 2.03 bits per heavy atom. The number of methoxy groups -OCH3 is 1. The number of nitrogens with one attached hydrogen (secondary N) is 1. The summed E-state index contributed by atoms with van der Waals surface area (Å²) in [4.78, 5) is 15.1. The second-order valence-electron chi connectivity index (χ2n) is 9.52. The number of anilines is 1. The zero-order valence-electron chi connectivity index (χ0n) is 20.3. The zero-order chi connectivity index (χ0) is 25.3. The van der Waals surface area contributed by atoms with E-state index in [0.29, 0.717) is 24.3 Å². The van der Waals surface area contributed by atoms with Gasteiger partial charge in [-0.2, -0.15) is 0 Å². The first-order chi connectivity index (χ1) is 17.4. The largest absolute Gasteiger partial charge is 0.490 e. The molecule has 2 atom stereocenters. The summed E-state index contributed by atoms with van der Waals surface area (Å²) in [5.74, 6) is -0.802. The van der Waals surface area contributed by atoms with Crippen LogP contribution in [0.15, 0.2) is 35.2 Å². The first-order valence-electron chi connectivity index (χ1n) is 12.4. The molecule has 2 aromatic rings. The number of halogens is 1. The third-order valence-corrected chi connectivity index (χ3v) is 8.72. The third kappa shape index (κ3) is 4.94. The van der Waals surface area contributed by atoms with Crippen LogP contribution in [-0.2, 0) is 25.9 Å². The molecular weight excluding hydrogens is 487 g/mol. The molecule has 194 valence electrons. The van der Waals surface area contributed by atoms with Gasteiger partial charge in [0.1, 0.15) is 23.7 Å². The molecule has 1 N–H and O–H groups in total. The number of nitrogens with zero attached hydrogens (tertiary/aromatic N) is 1. The lowest BCUT2D eigenvalue weighted by molar-refractivity contribution is 0.0469. The lowest BCUT2D eigenvalue weighted by Gasteiger charge is -2.29. The lowest BCUT2D eigenvalue weighted by Crippen LogP contribution is -2.30. The Morgan fingerprint density at radius 3 is 2.81 bits per heavy atom. The number of sulfonamides is 1. The van der Waals surface area contributed by atoms with Gasteiger partial charge in [-0.1, -0.05) is 6.07 Å². The predicted molar refractivity (Wildman–Crippen MR) is 132 cm³/mol. The van der Waals surface area contributed by atoms with Crippen LogP contribution >= 0.6 is 0 Å². The first-order valence-corrected chi connectivity index (χ1v) is 13.9. The molecule has 2 fully saturated rings. The molecule has 10 heteroatoms. The summed E-state index contributed by atoms with van der Waals surface area (Å²) in [6, 6.07) is 7.01. The molecule has 5 rings (SSSR count). The fourth-order valence-corrected chi connectivity index (χ4v) is 6.80. The Bertz CT molecular complexity index is 1250. The number of rotatable bonds is 8. The van der Waals surface area contributed by atoms with E-state index >= 15 is 0 Å². The van der Waals surface area contributed by atoms with E-state index in [0.717, 1.165) is 44.1 Å². The molecule has 0 radical (unpaired) electrons. The van der Waals surface area contributed by atoms with Gasteiger partial charge in [0.25, 0.3) is 10.0 Å². The molecule has 0 amide bonds. The van der Waals surface area contributed by atoms with Crippen molar-refractivity contribution in [3.05, 3.63) is 52.8 Å². The standard InChI is InChI=1S/C26H31FN2O6S/c1-33-26(30)24-21(8-7-20-19-10-14-34-22(19)16-35-25(20)24)28-36(31,32)23-9-6-18(27)15-17(23)5-4-13-29-11-2-3-12-29/h6-9,15,19,22,28H,2-5,10-14,16H2,1H3/t19-,22+/m1/s1. The van der Waals surface area contributed by atoms with Gasteiger partial charge in [-0.05, 0) is 81.6 Å². The Morgan fingerprint density at radius 1 is 1.22 bits per heavy atom. The predicted octanol–water partition coefficient (Wildman–Crippen LogP) is 3.71. The average Bonchev–Trinajstić information content (AvgIpc) is 3.55. The molecular formula is C26H31FN2O6S. The number of hydrogen-bond acceptors (Lipinski definition) is 7. The van der Waals surface area contributed by atoms with Gasteiger partial charge in [-0.25, -0.2) is 17.6 Å². The van der Waals surface area contributed by atoms with Crippen molar-refractivity contribution in [1.82, 2.24) is 4.90 Å². The van der Waals surface area contributed by atoms with E-state index in [2.05, 4.69) is 9.62 Å². The quantitative estimate of drug-likeness (QED) is 0.533. The number of benzene rings is 2. The molecule has 0 aliphatic carbocycles. The number of esters is 1. The highest BCUT2D eigenvalue weighted by Crippen LogP contribution is 2.45. The number of carbonyl (C=O) groups excluding carboxylic acids is 1. The van der Waals surface area contributed by atoms with E-state index in [-0.39, 0.29) is 34.8 Å². The topological polar surface area (TPSA) is 94.2 Å². The van der Waals surface area contributed by atoms with E-state index in [4.69, 9.17) is 14.2 Å². The normalized spacial score (nSPS) is 21.5. The van der Waals surface area contributed by atoms with Crippen LogP contribution in [0.1, 0.15) is 53.1 Å². The average molecular weight is 519 g/mol. The Labute approximate surface area is 210 Å². The van der Waals surface area contributed by atoms with Crippen LogP contribution in [0.5, 0.6) is 5.75 Å². The van der Waals surface area contributed by atoms with Gasteiger partial charge in [0.15, 0.2) is 0 Å². The highest BCUT2D eigenvalue weighted by atomic mass is 32.2. The lowest BCUT2D eigenvalue weighted by atomic mass is 9.88. The second kappa shape index (κ2) is 10.4. The Hall–Kier alpha value is -2.69. The van der Waals surface area contributed by atoms with E-state index < -0.39 is 21.8 Å². The van der Waals surface area contributed by atoms with Gasteiger partial charge < -0.3 is 19.1 Å². The van der Waals surface area contributed by atoms with Crippen molar-refractivity contribution in [3.8, 4) is 5.75 Å². The molecule has 3 aliphatic heterocycles. The highest BCUT2D eigenvalue weighted by molar-refractivity contribution is 7.92. The maximum absolute atomic E-state index is 14.1. The molecule has 0 spiro atoms. The molecule has 3 heterocycles. The van der Waals surface area contributed by atoms with Crippen molar-refractivity contribution < 1.29 is 31.8 Å². The van der Waals surface area contributed by atoms with E-state index in [1.807, 2.05) is 0 Å². The second-order valence-corrected chi connectivity index (χ2v) is 11.2. The van der Waals surface area contributed by atoms with Crippen LogP contribution in [0, 0.1) is 5.82 Å². The minimum absolute atomic E-state index is 0.0102. The van der Waals surface area contributed by atoms with Crippen molar-refractivity contribution in [1.29, 1.82) is 0 Å². The summed E-state index contributed by atoms with van der Waals surface area (Å²) in [5.41, 5.74) is 1.30. The van der Waals surface area contributed by atoms with Crippen LogP contribution in [0.4, 0.5) is 10.1 Å². The Balaban J connectivity index is 1.44. The molecule has 0 bridgehead atoms. The van der Waals surface area contributed by atoms with Crippen LogP contribution in [0.25, 0.3) is 0 Å². The van der Waals surface area contributed by atoms with Crippen LogP contribution in [0.3, 0.4) is 0 Å². The van der Waals surface area contributed by atoms with Gasteiger partial charge in [-0.15, -0.1) is 0 Å². The number of carbonyl (C=O) groups is 1. The van der Waals surface area contributed by atoms with Crippen molar-refractivity contribution in [3.63, 3.8) is 0 Å². The van der Waals surface area contributed by atoms with E-state index in [9.17, 15) is 17.6 Å². The highest BCUT2D eigenvalue weighted by Gasteiger charge is 2.39. The maximum atomic E-state index is 14.1. The number of fused-ring (bicyclic) bond motifs is 3.